The van der Waals surface area contributed by atoms with Crippen LogP contribution in [-0.4, -0.2) is 4.98 Å². The van der Waals surface area contributed by atoms with Crippen LogP contribution in [0.3, 0.4) is 0 Å². The van der Waals surface area contributed by atoms with Gasteiger partial charge in [-0.25, -0.2) is 4.98 Å². The van der Waals surface area contributed by atoms with Crippen LogP contribution in [0.5, 0.6) is 0 Å². The molecule has 0 aliphatic rings. The maximum Gasteiger partial charge on any atom is 0.416 e. The van der Waals surface area contributed by atoms with Gasteiger partial charge >= 0.3 is 6.18 Å². The van der Waals surface area contributed by atoms with Crippen LogP contribution in [-0.2, 0) is 6.18 Å². The molecule has 0 aliphatic heterocycles. The first-order valence-corrected chi connectivity index (χ1v) is 7.74. The van der Waals surface area contributed by atoms with Gasteiger partial charge in [0.1, 0.15) is 0 Å². The Balaban J connectivity index is 0.00000196. The normalized spacial score (nSPS) is 11.3. The molecule has 0 aliphatic carbocycles. The minimum atomic E-state index is -4.37. The van der Waals surface area contributed by atoms with Crippen molar-refractivity contribution in [3.8, 4) is 0 Å². The summed E-state index contributed by atoms with van der Waals surface area (Å²) in [5.41, 5.74) is 2.03. The number of nitrogens with one attached hydrogen (secondary N) is 1. The van der Waals surface area contributed by atoms with Crippen LogP contribution in [0.25, 0.3) is 21.8 Å². The Morgan fingerprint density at radius 2 is 1.31 bits per heavy atom. The van der Waals surface area contributed by atoms with E-state index >= 15 is 0 Å². The molecule has 132 valence electrons. The molecule has 0 spiro atoms. The summed E-state index contributed by atoms with van der Waals surface area (Å²) in [4.78, 5) is 4.62. The van der Waals surface area contributed by atoms with E-state index in [1.54, 1.807) is 6.07 Å². The molecule has 4 aromatic rings. The van der Waals surface area contributed by atoms with E-state index in [0.717, 1.165) is 39.6 Å². The van der Waals surface area contributed by atoms with Crippen LogP contribution >= 0.6 is 0 Å². The minimum absolute atomic E-state index is 0. The van der Waals surface area contributed by atoms with Gasteiger partial charge in [0.2, 0.25) is 0 Å². The topological polar surface area (TPSA) is 24.9 Å². The first-order valence-electron chi connectivity index (χ1n) is 7.74. The number of aromatic nitrogens is 1. The van der Waals surface area contributed by atoms with Crippen molar-refractivity contribution in [2.24, 2.45) is 0 Å². The van der Waals surface area contributed by atoms with Crippen molar-refractivity contribution in [1.29, 1.82) is 0 Å². The molecule has 0 atom stereocenters. The first kappa shape index (κ1) is 18.0. The number of hydrogen-bond acceptors (Lipinski definition) is 2. The van der Waals surface area contributed by atoms with Crippen molar-refractivity contribution in [1.82, 2.24) is 4.98 Å². The fourth-order valence-corrected chi connectivity index (χ4v) is 2.89. The molecule has 0 radical (unpaired) electrons. The molecular weight excluding hydrogens is 361 g/mol. The van der Waals surface area contributed by atoms with E-state index in [4.69, 9.17) is 0 Å². The van der Waals surface area contributed by atoms with Crippen molar-refractivity contribution in [3.05, 3.63) is 78.4 Å². The summed E-state index contributed by atoms with van der Waals surface area (Å²) < 4.78 is 38.9. The molecule has 3 aromatic carbocycles. The van der Waals surface area contributed by atoms with E-state index in [0.29, 0.717) is 5.69 Å². The van der Waals surface area contributed by atoms with Crippen LogP contribution < -0.4 is 17.7 Å². The molecule has 0 bridgehead atoms. The van der Waals surface area contributed by atoms with E-state index < -0.39 is 11.7 Å². The van der Waals surface area contributed by atoms with Crippen LogP contribution in [0, 0.1) is 0 Å². The molecular formula is C20H13ClF3N2-. The van der Waals surface area contributed by atoms with Gasteiger partial charge in [0, 0.05) is 16.5 Å². The summed E-state index contributed by atoms with van der Waals surface area (Å²) in [6.07, 6.45) is -4.37. The third kappa shape index (κ3) is 3.30. The molecule has 1 aromatic heterocycles. The summed E-state index contributed by atoms with van der Waals surface area (Å²) >= 11 is 0. The van der Waals surface area contributed by atoms with E-state index in [2.05, 4.69) is 10.3 Å². The molecule has 0 fully saturated rings. The number of pyridine rings is 1. The molecule has 0 amide bonds. The largest absolute Gasteiger partial charge is 1.00 e. The summed E-state index contributed by atoms with van der Waals surface area (Å²) in [5, 5.41) is 4.88. The number of benzene rings is 3. The fraction of sp³-hybridized carbons (Fsp3) is 0.0500. The molecule has 0 unspecified atom stereocenters. The number of anilines is 2. The number of hydrogen-bond donors (Lipinski definition) is 1. The van der Waals surface area contributed by atoms with Gasteiger partial charge in [-0.2, -0.15) is 13.2 Å². The van der Waals surface area contributed by atoms with Crippen LogP contribution in [0.1, 0.15) is 5.56 Å². The fourth-order valence-electron chi connectivity index (χ4n) is 2.89. The van der Waals surface area contributed by atoms with Gasteiger partial charge in [-0.1, -0.05) is 42.5 Å². The lowest BCUT2D eigenvalue weighted by atomic mass is 10.1. The standard InChI is InChI=1S/C20H13F3N2.ClH/c21-20(22,23)13-6-5-7-14(12-13)24-19-15-8-1-3-10-17(15)25-18-11-4-2-9-16(18)19;/h1-12H,(H,24,25);1H/p-1. The molecule has 4 rings (SSSR count). The third-order valence-electron chi connectivity index (χ3n) is 4.05. The summed E-state index contributed by atoms with van der Waals surface area (Å²) in [6.45, 7) is 0. The summed E-state index contributed by atoms with van der Waals surface area (Å²) in [5.74, 6) is 0. The maximum atomic E-state index is 13.0. The second kappa shape index (κ2) is 6.84. The number of rotatable bonds is 2. The zero-order valence-electron chi connectivity index (χ0n) is 13.4. The van der Waals surface area contributed by atoms with E-state index in [1.165, 1.54) is 6.07 Å². The number of para-hydroxylation sites is 2. The van der Waals surface area contributed by atoms with Crippen molar-refractivity contribution in [3.63, 3.8) is 0 Å². The molecule has 26 heavy (non-hydrogen) atoms. The van der Waals surface area contributed by atoms with Gasteiger partial charge < -0.3 is 17.7 Å². The van der Waals surface area contributed by atoms with Crippen molar-refractivity contribution >= 4 is 33.2 Å². The van der Waals surface area contributed by atoms with E-state index in [9.17, 15) is 13.2 Å². The summed E-state index contributed by atoms with van der Waals surface area (Å²) in [7, 11) is 0. The first-order chi connectivity index (χ1) is 12.0. The highest BCUT2D eigenvalue weighted by Crippen LogP contribution is 2.35. The van der Waals surface area contributed by atoms with Gasteiger partial charge in [0.05, 0.1) is 22.3 Å². The van der Waals surface area contributed by atoms with Crippen molar-refractivity contribution < 1.29 is 25.6 Å². The summed E-state index contributed by atoms with van der Waals surface area (Å²) in [6, 6.07) is 20.3. The molecule has 0 saturated carbocycles. The highest BCUT2D eigenvalue weighted by molar-refractivity contribution is 6.08. The maximum absolute atomic E-state index is 13.0. The van der Waals surface area contributed by atoms with Gasteiger partial charge in [0.15, 0.2) is 0 Å². The van der Waals surface area contributed by atoms with Gasteiger partial charge in [-0.05, 0) is 30.3 Å². The Hall–Kier alpha value is -2.79. The molecule has 0 saturated heterocycles. The predicted octanol–water partition coefficient (Wildman–Crippen LogP) is 3.15. The van der Waals surface area contributed by atoms with Crippen molar-refractivity contribution in [2.45, 2.75) is 6.18 Å². The van der Waals surface area contributed by atoms with Crippen molar-refractivity contribution in [2.75, 3.05) is 5.32 Å². The van der Waals surface area contributed by atoms with Crippen LogP contribution in [0.4, 0.5) is 24.5 Å². The Labute approximate surface area is 154 Å². The number of nitrogens with zero attached hydrogens (tertiary/aromatic N) is 1. The Kier molecular flexibility index (Phi) is 4.74. The number of alkyl halides is 3. The van der Waals surface area contributed by atoms with Crippen LogP contribution in [0.2, 0.25) is 0 Å². The molecule has 1 heterocycles. The minimum Gasteiger partial charge on any atom is -1.00 e. The SMILES string of the molecule is FC(F)(F)c1cccc(Nc2c3ccccc3nc3ccccc23)c1.[Cl-]. The molecule has 2 nitrogen and oxygen atoms in total. The third-order valence-corrected chi connectivity index (χ3v) is 4.05. The predicted molar refractivity (Wildman–Crippen MR) is 94.0 cm³/mol. The average molecular weight is 374 g/mol. The lowest BCUT2D eigenvalue weighted by molar-refractivity contribution is -0.137. The highest BCUT2D eigenvalue weighted by Gasteiger charge is 2.30. The lowest BCUT2D eigenvalue weighted by Gasteiger charge is -2.14. The zero-order chi connectivity index (χ0) is 17.4. The Morgan fingerprint density at radius 3 is 1.88 bits per heavy atom. The second-order valence-corrected chi connectivity index (χ2v) is 5.72. The Bertz CT molecular complexity index is 1020. The Morgan fingerprint density at radius 1 is 0.731 bits per heavy atom. The van der Waals surface area contributed by atoms with Gasteiger partial charge in [-0.15, -0.1) is 0 Å². The smallest absolute Gasteiger partial charge is 0.416 e. The van der Waals surface area contributed by atoms with Gasteiger partial charge in [0.25, 0.3) is 0 Å². The van der Waals surface area contributed by atoms with E-state index in [1.807, 2.05) is 48.5 Å². The lowest BCUT2D eigenvalue weighted by Crippen LogP contribution is -3.00. The number of halogens is 4. The molecule has 6 heteroatoms. The zero-order valence-corrected chi connectivity index (χ0v) is 14.1. The quantitative estimate of drug-likeness (QED) is 0.546. The molecule has 1 N–H and O–H groups in total. The van der Waals surface area contributed by atoms with Crippen LogP contribution in [0.15, 0.2) is 72.8 Å². The second-order valence-electron chi connectivity index (χ2n) is 5.72. The monoisotopic (exact) mass is 373 g/mol. The van der Waals surface area contributed by atoms with E-state index in [-0.39, 0.29) is 12.4 Å². The average Bonchev–Trinajstić information content (AvgIpc) is 2.61. The van der Waals surface area contributed by atoms with Gasteiger partial charge in [-0.3, -0.25) is 0 Å². The highest BCUT2D eigenvalue weighted by atomic mass is 35.5. The number of fused-ring (bicyclic) bond motifs is 2.